The molecule has 134 valence electrons. The van der Waals surface area contributed by atoms with Crippen molar-refractivity contribution in [2.24, 2.45) is 11.1 Å². The van der Waals surface area contributed by atoms with E-state index < -0.39 is 0 Å². The van der Waals surface area contributed by atoms with Crippen LogP contribution in [0.25, 0.3) is 0 Å². The zero-order valence-corrected chi connectivity index (χ0v) is 14.9. The SMILES string of the molecule is NCC1(CC(=O)Nc2nnc(Cc3ccccc3F)s2)CCCCC1. The van der Waals surface area contributed by atoms with Crippen LogP contribution in [0, 0.1) is 11.2 Å². The molecule has 0 unspecified atom stereocenters. The third-order valence-electron chi connectivity index (χ3n) is 4.90. The number of benzene rings is 1. The van der Waals surface area contributed by atoms with Gasteiger partial charge in [-0.2, -0.15) is 0 Å². The fraction of sp³-hybridized carbons (Fsp3) is 0.500. The largest absolute Gasteiger partial charge is 0.330 e. The summed E-state index contributed by atoms with van der Waals surface area (Å²) < 4.78 is 13.7. The van der Waals surface area contributed by atoms with Crippen LogP contribution in [0.15, 0.2) is 24.3 Å². The van der Waals surface area contributed by atoms with Gasteiger partial charge < -0.3 is 11.1 Å². The molecule has 1 aliphatic carbocycles. The predicted octanol–water partition coefficient (Wildman–Crippen LogP) is 3.51. The predicted molar refractivity (Wildman–Crippen MR) is 96.9 cm³/mol. The highest BCUT2D eigenvalue weighted by Crippen LogP contribution is 2.38. The molecule has 1 amide bonds. The number of nitrogens with two attached hydrogens (primary N) is 1. The van der Waals surface area contributed by atoms with Gasteiger partial charge in [-0.15, -0.1) is 10.2 Å². The van der Waals surface area contributed by atoms with Crippen molar-refractivity contribution in [2.45, 2.75) is 44.9 Å². The summed E-state index contributed by atoms with van der Waals surface area (Å²) in [5.41, 5.74) is 6.43. The Balaban J connectivity index is 1.59. The van der Waals surface area contributed by atoms with E-state index in [1.807, 2.05) is 0 Å². The molecule has 5 nitrogen and oxygen atoms in total. The first-order chi connectivity index (χ1) is 12.1. The maximum Gasteiger partial charge on any atom is 0.226 e. The molecule has 0 atom stereocenters. The number of amides is 1. The van der Waals surface area contributed by atoms with Gasteiger partial charge in [0.2, 0.25) is 11.0 Å². The Morgan fingerprint density at radius 2 is 2.00 bits per heavy atom. The van der Waals surface area contributed by atoms with E-state index in [2.05, 4.69) is 15.5 Å². The van der Waals surface area contributed by atoms with Crippen LogP contribution in [0.5, 0.6) is 0 Å². The van der Waals surface area contributed by atoms with Gasteiger partial charge in [-0.25, -0.2) is 4.39 Å². The molecule has 0 spiro atoms. The smallest absolute Gasteiger partial charge is 0.226 e. The lowest BCUT2D eigenvalue weighted by molar-refractivity contribution is -0.118. The fourth-order valence-corrected chi connectivity index (χ4v) is 4.22. The number of aromatic nitrogens is 2. The van der Waals surface area contributed by atoms with Crippen molar-refractivity contribution in [2.75, 3.05) is 11.9 Å². The number of halogens is 1. The Kier molecular flexibility index (Phi) is 5.75. The number of hydrogen-bond donors (Lipinski definition) is 2. The molecule has 1 heterocycles. The number of nitrogens with zero attached hydrogens (tertiary/aromatic N) is 2. The first kappa shape index (κ1) is 17.9. The van der Waals surface area contributed by atoms with Crippen molar-refractivity contribution in [3.8, 4) is 0 Å². The van der Waals surface area contributed by atoms with E-state index in [0.717, 1.165) is 25.7 Å². The van der Waals surface area contributed by atoms with E-state index in [1.165, 1.54) is 23.8 Å². The van der Waals surface area contributed by atoms with Gasteiger partial charge in [-0.1, -0.05) is 48.8 Å². The highest BCUT2D eigenvalue weighted by atomic mass is 32.1. The average Bonchev–Trinajstić information content (AvgIpc) is 3.04. The molecule has 2 aromatic rings. The second kappa shape index (κ2) is 8.01. The fourth-order valence-electron chi connectivity index (χ4n) is 3.44. The summed E-state index contributed by atoms with van der Waals surface area (Å²) in [4.78, 5) is 12.4. The molecular weight excluding hydrogens is 339 g/mol. The second-order valence-electron chi connectivity index (χ2n) is 6.76. The summed E-state index contributed by atoms with van der Waals surface area (Å²) in [7, 11) is 0. The Morgan fingerprint density at radius 3 is 2.72 bits per heavy atom. The Bertz CT molecular complexity index is 727. The number of carbonyl (C=O) groups is 1. The summed E-state index contributed by atoms with van der Waals surface area (Å²) in [5.74, 6) is -0.327. The number of anilines is 1. The molecule has 3 rings (SSSR count). The highest BCUT2D eigenvalue weighted by molar-refractivity contribution is 7.15. The molecule has 25 heavy (non-hydrogen) atoms. The molecule has 0 radical (unpaired) electrons. The minimum atomic E-state index is -0.259. The Morgan fingerprint density at radius 1 is 1.24 bits per heavy atom. The summed E-state index contributed by atoms with van der Waals surface area (Å²) in [6.07, 6.45) is 6.29. The third-order valence-corrected chi connectivity index (χ3v) is 5.73. The van der Waals surface area contributed by atoms with Crippen molar-refractivity contribution in [3.05, 3.63) is 40.7 Å². The van der Waals surface area contributed by atoms with E-state index in [-0.39, 0.29) is 17.1 Å². The van der Waals surface area contributed by atoms with E-state index in [0.29, 0.717) is 35.1 Å². The van der Waals surface area contributed by atoms with Crippen LogP contribution in [0.2, 0.25) is 0 Å². The molecule has 1 aromatic carbocycles. The zero-order valence-electron chi connectivity index (χ0n) is 14.1. The number of rotatable bonds is 6. The highest BCUT2D eigenvalue weighted by Gasteiger charge is 2.33. The third kappa shape index (κ3) is 4.61. The minimum absolute atomic E-state index is 0.0686. The molecule has 1 aromatic heterocycles. The van der Waals surface area contributed by atoms with Crippen LogP contribution in [0.1, 0.15) is 49.1 Å². The topological polar surface area (TPSA) is 80.9 Å². The second-order valence-corrected chi connectivity index (χ2v) is 7.82. The lowest BCUT2D eigenvalue weighted by Crippen LogP contribution is -2.36. The van der Waals surface area contributed by atoms with E-state index in [4.69, 9.17) is 5.73 Å². The van der Waals surface area contributed by atoms with Crippen LogP contribution in [-0.4, -0.2) is 22.6 Å². The summed E-state index contributed by atoms with van der Waals surface area (Å²) in [5, 5.41) is 12.0. The first-order valence-corrected chi connectivity index (χ1v) is 9.48. The molecular formula is C18H23FN4OS. The van der Waals surface area contributed by atoms with Gasteiger partial charge >= 0.3 is 0 Å². The molecule has 0 aliphatic heterocycles. The Labute approximate surface area is 150 Å². The number of nitrogens with one attached hydrogen (secondary N) is 1. The van der Waals surface area contributed by atoms with Crippen LogP contribution in [-0.2, 0) is 11.2 Å². The van der Waals surface area contributed by atoms with Crippen molar-refractivity contribution in [3.63, 3.8) is 0 Å². The first-order valence-electron chi connectivity index (χ1n) is 8.66. The standard InChI is InChI=1S/C18H23FN4OS/c19-14-7-3-2-6-13(14)10-16-22-23-17(25-16)21-15(24)11-18(12-20)8-4-1-5-9-18/h2-3,6-7H,1,4-5,8-12,20H2,(H,21,23,24). The van der Waals surface area contributed by atoms with Crippen LogP contribution in [0.3, 0.4) is 0 Å². The van der Waals surface area contributed by atoms with Gasteiger partial charge in [0, 0.05) is 12.8 Å². The maximum atomic E-state index is 13.7. The lowest BCUT2D eigenvalue weighted by Gasteiger charge is -2.35. The van der Waals surface area contributed by atoms with Crippen molar-refractivity contribution in [1.29, 1.82) is 0 Å². The van der Waals surface area contributed by atoms with Gasteiger partial charge in [0.15, 0.2) is 0 Å². The van der Waals surface area contributed by atoms with E-state index >= 15 is 0 Å². The maximum absolute atomic E-state index is 13.7. The molecule has 1 saturated carbocycles. The minimum Gasteiger partial charge on any atom is -0.330 e. The van der Waals surface area contributed by atoms with Gasteiger partial charge in [0.25, 0.3) is 0 Å². The average molecular weight is 362 g/mol. The normalized spacial score (nSPS) is 16.6. The zero-order chi connectivity index (χ0) is 17.7. The number of carbonyl (C=O) groups excluding carboxylic acids is 1. The van der Waals surface area contributed by atoms with Crippen molar-refractivity contribution in [1.82, 2.24) is 10.2 Å². The molecule has 0 bridgehead atoms. The van der Waals surface area contributed by atoms with Gasteiger partial charge in [-0.3, -0.25) is 4.79 Å². The molecule has 0 saturated heterocycles. The molecule has 1 fully saturated rings. The summed E-state index contributed by atoms with van der Waals surface area (Å²) in [6.45, 7) is 0.537. The van der Waals surface area contributed by atoms with E-state index in [1.54, 1.807) is 18.2 Å². The molecule has 1 aliphatic rings. The molecule has 3 N–H and O–H groups in total. The van der Waals surface area contributed by atoms with E-state index in [9.17, 15) is 9.18 Å². The van der Waals surface area contributed by atoms with Gasteiger partial charge in [0.1, 0.15) is 10.8 Å². The Hall–Kier alpha value is -1.86. The van der Waals surface area contributed by atoms with Gasteiger partial charge in [-0.05, 0) is 36.4 Å². The van der Waals surface area contributed by atoms with Crippen LogP contribution >= 0.6 is 11.3 Å². The quantitative estimate of drug-likeness (QED) is 0.824. The summed E-state index contributed by atoms with van der Waals surface area (Å²) in [6, 6.07) is 6.60. The summed E-state index contributed by atoms with van der Waals surface area (Å²) >= 11 is 1.28. The molecule has 7 heteroatoms. The van der Waals surface area contributed by atoms with Crippen molar-refractivity contribution < 1.29 is 9.18 Å². The number of hydrogen-bond acceptors (Lipinski definition) is 5. The van der Waals surface area contributed by atoms with Crippen LogP contribution < -0.4 is 11.1 Å². The van der Waals surface area contributed by atoms with Gasteiger partial charge in [0.05, 0.1) is 0 Å². The monoisotopic (exact) mass is 362 g/mol. The van der Waals surface area contributed by atoms with Crippen molar-refractivity contribution >= 4 is 22.4 Å². The van der Waals surface area contributed by atoms with Crippen LogP contribution in [0.4, 0.5) is 9.52 Å². The lowest BCUT2D eigenvalue weighted by atomic mass is 9.72.